The van der Waals surface area contributed by atoms with Crippen LogP contribution >= 0.6 is 0 Å². The van der Waals surface area contributed by atoms with E-state index in [-0.39, 0.29) is 13.1 Å². The molecule has 0 aliphatic carbocycles. The summed E-state index contributed by atoms with van der Waals surface area (Å²) in [5, 5.41) is 2.49. The van der Waals surface area contributed by atoms with Crippen LogP contribution in [0.15, 0.2) is 0 Å². The van der Waals surface area contributed by atoms with Gasteiger partial charge < -0.3 is 10.1 Å². The number of hydrogen-bond acceptors (Lipinski definition) is 3. The number of carbonyl (C=O) groups excluding carboxylic acids is 2. The highest BCUT2D eigenvalue weighted by Gasteiger charge is 2.21. The van der Waals surface area contributed by atoms with Crippen LogP contribution in [-0.2, 0) is 9.53 Å². The lowest BCUT2D eigenvalue weighted by Crippen LogP contribution is -2.42. The van der Waals surface area contributed by atoms with E-state index in [1.807, 2.05) is 20.8 Å². The van der Waals surface area contributed by atoms with Gasteiger partial charge in [0, 0.05) is 7.34 Å². The average molecular weight is 189 g/mol. The van der Waals surface area contributed by atoms with Crippen molar-refractivity contribution >= 4 is 11.9 Å². The summed E-state index contributed by atoms with van der Waals surface area (Å²) >= 11 is 0. The smallest absolute Gasteiger partial charge is 0.407 e. The number of amides is 1. The highest BCUT2D eigenvalue weighted by atomic mass is 16.5. The number of ether oxygens (including phenoxy) is 1. The SMILES string of the molecule is CC[C@@H](NC(=O)OC)C(=O)C(C)C.[HH]. The quantitative estimate of drug-likeness (QED) is 0.730. The summed E-state index contributed by atoms with van der Waals surface area (Å²) in [6, 6.07) is -0.424. The summed E-state index contributed by atoms with van der Waals surface area (Å²) in [5.74, 6) is -0.0324. The van der Waals surface area contributed by atoms with Crippen LogP contribution in [0.5, 0.6) is 0 Å². The number of methoxy groups -OCH3 is 1. The fourth-order valence-corrected chi connectivity index (χ4v) is 0.978. The second-order valence-corrected chi connectivity index (χ2v) is 3.15. The lowest BCUT2D eigenvalue weighted by Gasteiger charge is -2.16. The Balaban J connectivity index is 0. The molecule has 0 rings (SSSR count). The summed E-state index contributed by atoms with van der Waals surface area (Å²) in [7, 11) is 1.28. The first-order chi connectivity index (χ1) is 6.02. The summed E-state index contributed by atoms with van der Waals surface area (Å²) < 4.78 is 4.41. The van der Waals surface area contributed by atoms with Gasteiger partial charge in [-0.25, -0.2) is 4.79 Å². The van der Waals surface area contributed by atoms with E-state index in [1.165, 1.54) is 7.11 Å². The Hall–Kier alpha value is -1.06. The molecule has 0 aromatic carbocycles. The minimum atomic E-state index is -0.555. The van der Waals surface area contributed by atoms with Crippen molar-refractivity contribution in [3.63, 3.8) is 0 Å². The van der Waals surface area contributed by atoms with Crippen molar-refractivity contribution in [3.8, 4) is 0 Å². The molecular formula is C9H19NO3. The van der Waals surface area contributed by atoms with Crippen molar-refractivity contribution in [2.24, 2.45) is 5.92 Å². The zero-order valence-electron chi connectivity index (χ0n) is 8.59. The van der Waals surface area contributed by atoms with Crippen molar-refractivity contribution in [2.45, 2.75) is 33.2 Å². The topological polar surface area (TPSA) is 55.4 Å². The Morgan fingerprint density at radius 3 is 2.31 bits per heavy atom. The molecule has 1 atom stereocenters. The number of Topliss-reactive ketones (excluding diaryl/α,β-unsaturated/α-hetero) is 1. The first-order valence-electron chi connectivity index (χ1n) is 4.41. The van der Waals surface area contributed by atoms with E-state index >= 15 is 0 Å². The average Bonchev–Trinajstić information content (AvgIpc) is 2.12. The maximum atomic E-state index is 11.5. The molecule has 78 valence electrons. The first-order valence-corrected chi connectivity index (χ1v) is 4.41. The van der Waals surface area contributed by atoms with E-state index < -0.39 is 12.1 Å². The van der Waals surface area contributed by atoms with Crippen molar-refractivity contribution in [3.05, 3.63) is 0 Å². The van der Waals surface area contributed by atoms with E-state index in [0.29, 0.717) is 6.42 Å². The molecule has 0 aliphatic heterocycles. The number of nitrogens with one attached hydrogen (secondary N) is 1. The van der Waals surface area contributed by atoms with Gasteiger partial charge in [0.05, 0.1) is 13.2 Å². The normalized spacial score (nSPS) is 12.4. The van der Waals surface area contributed by atoms with Crippen LogP contribution in [0.2, 0.25) is 0 Å². The molecule has 0 radical (unpaired) electrons. The van der Waals surface area contributed by atoms with Gasteiger partial charge in [0.15, 0.2) is 5.78 Å². The standard InChI is InChI=1S/C9H17NO3.H2/c1-5-7(8(11)6(2)3)10-9(12)13-4;/h6-7H,5H2,1-4H3,(H,10,12);1H/t7-;/m1./s1. The van der Waals surface area contributed by atoms with Gasteiger partial charge in [-0.1, -0.05) is 20.8 Å². The van der Waals surface area contributed by atoms with E-state index in [2.05, 4.69) is 10.1 Å². The van der Waals surface area contributed by atoms with Crippen molar-refractivity contribution < 1.29 is 15.8 Å². The van der Waals surface area contributed by atoms with Crippen LogP contribution in [0.1, 0.15) is 28.6 Å². The zero-order chi connectivity index (χ0) is 10.4. The fourth-order valence-electron chi connectivity index (χ4n) is 0.978. The second kappa shape index (κ2) is 5.56. The Bertz CT molecular complexity index is 194. The van der Waals surface area contributed by atoms with Crippen molar-refractivity contribution in [1.82, 2.24) is 5.32 Å². The minimum Gasteiger partial charge on any atom is -0.453 e. The molecule has 0 bridgehead atoms. The number of rotatable bonds is 4. The lowest BCUT2D eigenvalue weighted by atomic mass is 10.0. The van der Waals surface area contributed by atoms with Crippen LogP contribution in [-0.4, -0.2) is 25.0 Å². The number of hydrogen-bond donors (Lipinski definition) is 1. The minimum absolute atomic E-state index is 0. The Morgan fingerprint density at radius 2 is 2.00 bits per heavy atom. The van der Waals surface area contributed by atoms with Crippen LogP contribution in [0.3, 0.4) is 0 Å². The van der Waals surface area contributed by atoms with E-state index in [9.17, 15) is 9.59 Å². The van der Waals surface area contributed by atoms with Gasteiger partial charge in [0.2, 0.25) is 0 Å². The Labute approximate surface area is 80.1 Å². The monoisotopic (exact) mass is 189 g/mol. The zero-order valence-corrected chi connectivity index (χ0v) is 8.59. The molecule has 1 N–H and O–H groups in total. The van der Waals surface area contributed by atoms with E-state index in [0.717, 1.165) is 0 Å². The molecule has 1 amide bonds. The summed E-state index contributed by atoms with van der Waals surface area (Å²) in [6.45, 7) is 5.47. The highest BCUT2D eigenvalue weighted by Crippen LogP contribution is 2.03. The van der Waals surface area contributed by atoms with Gasteiger partial charge in [0.25, 0.3) is 0 Å². The van der Waals surface area contributed by atoms with Crippen LogP contribution in [0.4, 0.5) is 4.79 Å². The fraction of sp³-hybridized carbons (Fsp3) is 0.778. The van der Waals surface area contributed by atoms with Crippen molar-refractivity contribution in [1.29, 1.82) is 0 Å². The Kier molecular flexibility index (Phi) is 5.11. The maximum Gasteiger partial charge on any atom is 0.407 e. The molecule has 13 heavy (non-hydrogen) atoms. The van der Waals surface area contributed by atoms with Crippen LogP contribution < -0.4 is 5.32 Å². The molecule has 0 saturated carbocycles. The third-order valence-electron chi connectivity index (χ3n) is 1.80. The molecule has 0 heterocycles. The summed E-state index contributed by atoms with van der Waals surface area (Å²) in [6.07, 6.45) is 0.0346. The predicted molar refractivity (Wildman–Crippen MR) is 51.6 cm³/mol. The Morgan fingerprint density at radius 1 is 1.46 bits per heavy atom. The second-order valence-electron chi connectivity index (χ2n) is 3.15. The maximum absolute atomic E-state index is 11.5. The third-order valence-corrected chi connectivity index (χ3v) is 1.80. The largest absolute Gasteiger partial charge is 0.453 e. The highest BCUT2D eigenvalue weighted by molar-refractivity contribution is 5.88. The van der Waals surface area contributed by atoms with Gasteiger partial charge >= 0.3 is 6.09 Å². The van der Waals surface area contributed by atoms with Gasteiger partial charge in [-0.3, -0.25) is 4.79 Å². The predicted octanol–water partition coefficient (Wildman–Crippen LogP) is 1.59. The first kappa shape index (κ1) is 11.9. The number of carbonyl (C=O) groups is 2. The van der Waals surface area contributed by atoms with Gasteiger partial charge in [0.1, 0.15) is 0 Å². The molecular weight excluding hydrogens is 170 g/mol. The van der Waals surface area contributed by atoms with Crippen LogP contribution in [0.25, 0.3) is 0 Å². The third kappa shape index (κ3) is 3.92. The molecule has 0 fully saturated rings. The lowest BCUT2D eigenvalue weighted by molar-refractivity contribution is -0.123. The molecule has 0 saturated heterocycles. The molecule has 0 unspecified atom stereocenters. The summed E-state index contributed by atoms with van der Waals surface area (Å²) in [5.41, 5.74) is 0. The molecule has 0 spiro atoms. The molecule has 0 aromatic rings. The summed E-state index contributed by atoms with van der Waals surface area (Å²) in [4.78, 5) is 22.3. The van der Waals surface area contributed by atoms with E-state index in [1.54, 1.807) is 0 Å². The van der Waals surface area contributed by atoms with Crippen molar-refractivity contribution in [2.75, 3.05) is 7.11 Å². The van der Waals surface area contributed by atoms with Gasteiger partial charge in [-0.05, 0) is 6.42 Å². The van der Waals surface area contributed by atoms with Gasteiger partial charge in [-0.15, -0.1) is 0 Å². The molecule has 0 aromatic heterocycles. The van der Waals surface area contributed by atoms with Crippen LogP contribution in [0, 0.1) is 5.92 Å². The molecule has 0 aliphatic rings. The van der Waals surface area contributed by atoms with E-state index in [4.69, 9.17) is 0 Å². The number of alkyl carbamates (subject to hydrolysis) is 1. The molecule has 4 nitrogen and oxygen atoms in total. The number of ketones is 1. The molecule has 4 heteroatoms. The van der Waals surface area contributed by atoms with Gasteiger partial charge in [-0.2, -0.15) is 0 Å².